The predicted octanol–water partition coefficient (Wildman–Crippen LogP) is 3.45. The number of fused-ring (bicyclic) bond motifs is 1. The van der Waals surface area contributed by atoms with Gasteiger partial charge in [0, 0.05) is 4.47 Å². The number of esters is 1. The Labute approximate surface area is 137 Å². The van der Waals surface area contributed by atoms with E-state index in [2.05, 4.69) is 26.2 Å². The van der Waals surface area contributed by atoms with Crippen LogP contribution in [0.4, 0.5) is 5.13 Å². The maximum absolute atomic E-state index is 11.8. The summed E-state index contributed by atoms with van der Waals surface area (Å²) in [5, 5.41) is 3.05. The Morgan fingerprint density at radius 1 is 1.36 bits per heavy atom. The molecular formula is C14H9BrN2O4S. The van der Waals surface area contributed by atoms with Gasteiger partial charge in [-0.15, -0.1) is 0 Å². The average Bonchev–Trinajstić information content (AvgIpc) is 3.13. The van der Waals surface area contributed by atoms with Gasteiger partial charge in [-0.1, -0.05) is 27.3 Å². The van der Waals surface area contributed by atoms with Gasteiger partial charge in [-0.05, 0) is 30.3 Å². The number of ether oxygens (including phenoxy) is 1. The molecule has 2 heterocycles. The molecule has 0 spiro atoms. The average molecular weight is 381 g/mol. The molecule has 1 aromatic carbocycles. The van der Waals surface area contributed by atoms with E-state index in [0.717, 1.165) is 14.7 Å². The van der Waals surface area contributed by atoms with E-state index in [4.69, 9.17) is 9.15 Å². The Morgan fingerprint density at radius 3 is 3.00 bits per heavy atom. The first-order chi connectivity index (χ1) is 10.6. The third kappa shape index (κ3) is 3.34. The minimum absolute atomic E-state index is 0.0534. The van der Waals surface area contributed by atoms with Crippen LogP contribution in [0.5, 0.6) is 0 Å². The van der Waals surface area contributed by atoms with Gasteiger partial charge in [0.2, 0.25) is 5.76 Å². The lowest BCUT2D eigenvalue weighted by atomic mass is 10.3. The van der Waals surface area contributed by atoms with Gasteiger partial charge in [0.25, 0.3) is 5.91 Å². The Balaban J connectivity index is 1.59. The van der Waals surface area contributed by atoms with Crippen molar-refractivity contribution in [3.05, 3.63) is 46.8 Å². The molecule has 0 atom stereocenters. The van der Waals surface area contributed by atoms with E-state index >= 15 is 0 Å². The van der Waals surface area contributed by atoms with Crippen LogP contribution in [0, 0.1) is 0 Å². The number of nitrogens with zero attached hydrogens (tertiary/aromatic N) is 1. The molecule has 0 fully saturated rings. The number of hydrogen-bond donors (Lipinski definition) is 1. The summed E-state index contributed by atoms with van der Waals surface area (Å²) < 4.78 is 11.6. The molecule has 0 aliphatic heterocycles. The molecule has 0 aliphatic carbocycles. The zero-order valence-corrected chi connectivity index (χ0v) is 13.4. The molecule has 0 saturated heterocycles. The molecule has 8 heteroatoms. The number of benzene rings is 1. The van der Waals surface area contributed by atoms with E-state index < -0.39 is 18.5 Å². The zero-order valence-electron chi connectivity index (χ0n) is 11.0. The molecule has 0 saturated carbocycles. The van der Waals surface area contributed by atoms with Crippen LogP contribution >= 0.6 is 27.3 Å². The number of carbonyl (C=O) groups is 2. The summed E-state index contributed by atoms with van der Waals surface area (Å²) in [7, 11) is 0. The Kier molecular flexibility index (Phi) is 4.21. The van der Waals surface area contributed by atoms with Gasteiger partial charge in [-0.3, -0.25) is 10.1 Å². The van der Waals surface area contributed by atoms with E-state index in [0.29, 0.717) is 5.13 Å². The Bertz CT molecular complexity index is 829. The lowest BCUT2D eigenvalue weighted by Gasteiger charge is -2.02. The molecule has 0 unspecified atom stereocenters. The minimum atomic E-state index is -0.687. The van der Waals surface area contributed by atoms with Crippen molar-refractivity contribution in [2.75, 3.05) is 11.9 Å². The van der Waals surface area contributed by atoms with Crippen LogP contribution < -0.4 is 5.32 Å². The number of rotatable bonds is 4. The molecule has 6 nitrogen and oxygen atoms in total. The Hall–Kier alpha value is -2.19. The highest BCUT2D eigenvalue weighted by Gasteiger charge is 2.14. The van der Waals surface area contributed by atoms with E-state index in [1.807, 2.05) is 18.2 Å². The monoisotopic (exact) mass is 380 g/mol. The van der Waals surface area contributed by atoms with Crippen molar-refractivity contribution in [3.8, 4) is 0 Å². The second-order valence-electron chi connectivity index (χ2n) is 4.23. The summed E-state index contributed by atoms with van der Waals surface area (Å²) in [6.45, 7) is -0.404. The smallest absolute Gasteiger partial charge is 0.374 e. The highest BCUT2D eigenvalue weighted by Crippen LogP contribution is 2.28. The largest absolute Gasteiger partial charge is 0.457 e. The highest BCUT2D eigenvalue weighted by molar-refractivity contribution is 9.10. The number of halogens is 1. The molecule has 112 valence electrons. The molecule has 1 N–H and O–H groups in total. The molecule has 3 aromatic rings. The first-order valence-electron chi connectivity index (χ1n) is 6.18. The highest BCUT2D eigenvalue weighted by atomic mass is 79.9. The van der Waals surface area contributed by atoms with Crippen LogP contribution in [0.1, 0.15) is 10.6 Å². The van der Waals surface area contributed by atoms with Crippen molar-refractivity contribution in [1.29, 1.82) is 0 Å². The fourth-order valence-corrected chi connectivity index (χ4v) is 3.14. The number of amides is 1. The molecular weight excluding hydrogens is 372 g/mol. The summed E-state index contributed by atoms with van der Waals surface area (Å²) in [5.41, 5.74) is 0.788. The number of carbonyl (C=O) groups excluding carboxylic acids is 2. The van der Waals surface area contributed by atoms with Crippen molar-refractivity contribution in [2.24, 2.45) is 0 Å². The maximum atomic E-state index is 11.8. The molecule has 0 aliphatic rings. The van der Waals surface area contributed by atoms with E-state index in [1.54, 1.807) is 6.07 Å². The fourth-order valence-electron chi connectivity index (χ4n) is 1.70. The first-order valence-corrected chi connectivity index (χ1v) is 7.79. The predicted molar refractivity (Wildman–Crippen MR) is 84.9 cm³/mol. The first kappa shape index (κ1) is 14.7. The van der Waals surface area contributed by atoms with E-state index in [9.17, 15) is 9.59 Å². The van der Waals surface area contributed by atoms with Crippen molar-refractivity contribution in [3.63, 3.8) is 0 Å². The van der Waals surface area contributed by atoms with Crippen molar-refractivity contribution < 1.29 is 18.7 Å². The number of hydrogen-bond acceptors (Lipinski definition) is 6. The van der Waals surface area contributed by atoms with Crippen LogP contribution in [-0.4, -0.2) is 23.5 Å². The third-order valence-corrected chi connectivity index (χ3v) is 4.08. The third-order valence-electron chi connectivity index (χ3n) is 2.65. The lowest BCUT2D eigenvalue weighted by molar-refractivity contribution is -0.119. The minimum Gasteiger partial charge on any atom is -0.457 e. The summed E-state index contributed by atoms with van der Waals surface area (Å²) >= 11 is 4.72. The van der Waals surface area contributed by atoms with Gasteiger partial charge < -0.3 is 9.15 Å². The van der Waals surface area contributed by atoms with Gasteiger partial charge in [0.05, 0.1) is 16.5 Å². The maximum Gasteiger partial charge on any atom is 0.374 e. The van der Waals surface area contributed by atoms with Crippen molar-refractivity contribution >= 4 is 54.5 Å². The summed E-state index contributed by atoms with van der Waals surface area (Å²) in [4.78, 5) is 27.6. The van der Waals surface area contributed by atoms with Gasteiger partial charge >= 0.3 is 5.97 Å². The van der Waals surface area contributed by atoms with Crippen LogP contribution in [0.2, 0.25) is 0 Å². The van der Waals surface area contributed by atoms with Gasteiger partial charge in [0.15, 0.2) is 11.7 Å². The van der Waals surface area contributed by atoms with Gasteiger partial charge in [0.1, 0.15) is 0 Å². The Morgan fingerprint density at radius 2 is 2.23 bits per heavy atom. The standard InChI is InChI=1S/C14H9BrN2O4S/c15-8-3-4-9-11(6-8)22-14(16-9)17-12(18)7-21-13(19)10-2-1-5-20-10/h1-6H,7H2,(H,16,17,18). The van der Waals surface area contributed by atoms with Crippen molar-refractivity contribution in [1.82, 2.24) is 4.98 Å². The number of anilines is 1. The zero-order chi connectivity index (χ0) is 15.5. The second-order valence-corrected chi connectivity index (χ2v) is 6.18. The van der Waals surface area contributed by atoms with E-state index in [1.165, 1.54) is 23.7 Å². The fraction of sp³-hybridized carbons (Fsp3) is 0.0714. The van der Waals surface area contributed by atoms with Crippen LogP contribution in [0.25, 0.3) is 10.2 Å². The second kappa shape index (κ2) is 6.29. The molecule has 1 amide bonds. The topological polar surface area (TPSA) is 81.4 Å². The van der Waals surface area contributed by atoms with Crippen LogP contribution in [0.3, 0.4) is 0 Å². The van der Waals surface area contributed by atoms with E-state index in [-0.39, 0.29) is 5.76 Å². The summed E-state index contributed by atoms with van der Waals surface area (Å²) in [6.07, 6.45) is 1.36. The van der Waals surface area contributed by atoms with Crippen LogP contribution in [-0.2, 0) is 9.53 Å². The number of thiazole rings is 1. The molecule has 0 radical (unpaired) electrons. The number of furan rings is 1. The molecule has 3 rings (SSSR count). The van der Waals surface area contributed by atoms with Crippen LogP contribution in [0.15, 0.2) is 45.5 Å². The SMILES string of the molecule is O=C(COC(=O)c1ccco1)Nc1nc2ccc(Br)cc2s1. The normalized spacial score (nSPS) is 10.6. The molecule has 2 aromatic heterocycles. The molecule has 22 heavy (non-hydrogen) atoms. The summed E-state index contributed by atoms with van der Waals surface area (Å²) in [5.74, 6) is -1.09. The van der Waals surface area contributed by atoms with Gasteiger partial charge in [-0.25, -0.2) is 9.78 Å². The van der Waals surface area contributed by atoms with Gasteiger partial charge in [-0.2, -0.15) is 0 Å². The number of nitrogens with one attached hydrogen (secondary N) is 1. The van der Waals surface area contributed by atoms with Crippen molar-refractivity contribution in [2.45, 2.75) is 0 Å². The number of aromatic nitrogens is 1. The quantitative estimate of drug-likeness (QED) is 0.701. The molecule has 0 bridgehead atoms. The summed E-state index contributed by atoms with van der Waals surface area (Å²) in [6, 6.07) is 8.67. The lowest BCUT2D eigenvalue weighted by Crippen LogP contribution is -2.20.